The van der Waals surface area contributed by atoms with E-state index in [1.165, 1.54) is 11.3 Å². The maximum absolute atomic E-state index is 12.2. The van der Waals surface area contributed by atoms with Crippen LogP contribution >= 0.6 is 11.3 Å². The summed E-state index contributed by atoms with van der Waals surface area (Å²) in [7, 11) is 0. The summed E-state index contributed by atoms with van der Waals surface area (Å²) < 4.78 is 0. The quantitative estimate of drug-likeness (QED) is 0.883. The average molecular weight is 280 g/mol. The van der Waals surface area contributed by atoms with Gasteiger partial charge in [-0.25, -0.2) is 4.98 Å². The van der Waals surface area contributed by atoms with Crippen LogP contribution in [0.15, 0.2) is 5.51 Å². The summed E-state index contributed by atoms with van der Waals surface area (Å²) in [5.74, 6) is -0.822. The second-order valence-corrected chi connectivity index (χ2v) is 6.32. The van der Waals surface area contributed by atoms with Crippen molar-refractivity contribution in [3.8, 4) is 0 Å². The molecular weight excluding hydrogens is 264 g/mol. The summed E-state index contributed by atoms with van der Waals surface area (Å²) in [6, 6.07) is -0.217. The van der Waals surface area contributed by atoms with Gasteiger partial charge in [-0.05, 0) is 38.0 Å². The van der Waals surface area contributed by atoms with Crippen LogP contribution in [0.2, 0.25) is 0 Å². The van der Waals surface area contributed by atoms with Gasteiger partial charge in [-0.2, -0.15) is 0 Å². The Morgan fingerprint density at radius 2 is 2.16 bits per heavy atom. The molecule has 1 amide bonds. The van der Waals surface area contributed by atoms with E-state index < -0.39 is 11.9 Å². The van der Waals surface area contributed by atoms with Crippen LogP contribution in [0.5, 0.6) is 0 Å². The third-order valence-electron chi connectivity index (χ3n) is 4.45. The van der Waals surface area contributed by atoms with Gasteiger partial charge in [0.1, 0.15) is 4.88 Å². The molecule has 0 saturated heterocycles. The Morgan fingerprint density at radius 1 is 1.42 bits per heavy atom. The van der Waals surface area contributed by atoms with Gasteiger partial charge in [0.15, 0.2) is 0 Å². The Hall–Kier alpha value is -1.43. The molecule has 1 aromatic heterocycles. The first-order chi connectivity index (χ1) is 9.08. The number of nitrogens with zero attached hydrogens (tertiary/aromatic N) is 1. The van der Waals surface area contributed by atoms with Crippen LogP contribution in [0.4, 0.5) is 0 Å². The van der Waals surface area contributed by atoms with E-state index in [1.54, 1.807) is 12.4 Å². The molecule has 0 aromatic carbocycles. The summed E-state index contributed by atoms with van der Waals surface area (Å²) >= 11 is 1.30. The molecule has 2 fully saturated rings. The van der Waals surface area contributed by atoms with E-state index in [9.17, 15) is 14.7 Å². The summed E-state index contributed by atoms with van der Waals surface area (Å²) in [5.41, 5.74) is 2.34. The van der Waals surface area contributed by atoms with E-state index in [0.29, 0.717) is 16.5 Å². The van der Waals surface area contributed by atoms with Gasteiger partial charge in [0.05, 0.1) is 17.1 Å². The number of fused-ring (bicyclic) bond motifs is 2. The van der Waals surface area contributed by atoms with Crippen molar-refractivity contribution in [1.82, 2.24) is 10.3 Å². The van der Waals surface area contributed by atoms with Crippen LogP contribution in [-0.4, -0.2) is 28.0 Å². The van der Waals surface area contributed by atoms with Crippen molar-refractivity contribution in [1.29, 1.82) is 0 Å². The Bertz CT molecular complexity index is 528. The number of thiazole rings is 1. The standard InChI is InChI=1S/C13H16N2O3S/c1-6-11(19-5-14-6)12(16)15-10-8-3-2-7(4-8)9(10)13(17)18/h5,7-10H,2-4H2,1H3,(H,15,16)(H,17,18). The van der Waals surface area contributed by atoms with E-state index in [1.807, 2.05) is 0 Å². The predicted molar refractivity (Wildman–Crippen MR) is 70.1 cm³/mol. The van der Waals surface area contributed by atoms with Crippen molar-refractivity contribution in [2.75, 3.05) is 0 Å². The predicted octanol–water partition coefficient (Wildman–Crippen LogP) is 1.68. The van der Waals surface area contributed by atoms with Crippen LogP contribution in [0.1, 0.15) is 34.6 Å². The van der Waals surface area contributed by atoms with E-state index in [-0.39, 0.29) is 17.9 Å². The van der Waals surface area contributed by atoms with E-state index >= 15 is 0 Å². The lowest BCUT2D eigenvalue weighted by Crippen LogP contribution is -2.46. The molecule has 102 valence electrons. The van der Waals surface area contributed by atoms with Gasteiger partial charge in [0.25, 0.3) is 5.91 Å². The molecule has 1 heterocycles. The zero-order valence-electron chi connectivity index (χ0n) is 10.6. The Labute approximate surface area is 115 Å². The number of carboxylic acid groups (broad SMARTS) is 1. The summed E-state index contributed by atoms with van der Waals surface area (Å²) in [4.78, 5) is 28.2. The highest BCUT2D eigenvalue weighted by atomic mass is 32.1. The first-order valence-corrected chi connectivity index (χ1v) is 7.39. The fraction of sp³-hybridized carbons (Fsp3) is 0.615. The zero-order valence-corrected chi connectivity index (χ0v) is 11.4. The lowest BCUT2D eigenvalue weighted by atomic mass is 9.84. The minimum atomic E-state index is -0.779. The highest BCUT2D eigenvalue weighted by molar-refractivity contribution is 7.11. The molecule has 2 bridgehead atoms. The van der Waals surface area contributed by atoms with Gasteiger partial charge >= 0.3 is 5.97 Å². The minimum Gasteiger partial charge on any atom is -0.481 e. The van der Waals surface area contributed by atoms with Crippen molar-refractivity contribution >= 4 is 23.2 Å². The molecule has 2 aliphatic rings. The van der Waals surface area contributed by atoms with Crippen LogP contribution in [0.3, 0.4) is 0 Å². The number of nitrogens with one attached hydrogen (secondary N) is 1. The Kier molecular flexibility index (Phi) is 3.05. The molecule has 3 rings (SSSR count). The number of hydrogen-bond acceptors (Lipinski definition) is 4. The molecule has 6 heteroatoms. The molecule has 2 saturated carbocycles. The van der Waals surface area contributed by atoms with Crippen molar-refractivity contribution in [2.45, 2.75) is 32.2 Å². The van der Waals surface area contributed by atoms with E-state index in [4.69, 9.17) is 0 Å². The number of aliphatic carboxylic acids is 1. The minimum absolute atomic E-state index is 0.177. The molecule has 4 atom stereocenters. The van der Waals surface area contributed by atoms with Gasteiger partial charge in [0, 0.05) is 6.04 Å². The van der Waals surface area contributed by atoms with Gasteiger partial charge in [-0.3, -0.25) is 9.59 Å². The van der Waals surface area contributed by atoms with Gasteiger partial charge < -0.3 is 10.4 Å². The second-order valence-electron chi connectivity index (χ2n) is 5.46. The molecule has 0 spiro atoms. The number of hydrogen-bond donors (Lipinski definition) is 2. The molecule has 5 nitrogen and oxygen atoms in total. The summed E-state index contributed by atoms with van der Waals surface area (Å²) in [6.07, 6.45) is 2.94. The molecule has 4 unspecified atom stereocenters. The Morgan fingerprint density at radius 3 is 2.79 bits per heavy atom. The maximum atomic E-state index is 12.2. The van der Waals surface area contributed by atoms with Crippen molar-refractivity contribution < 1.29 is 14.7 Å². The van der Waals surface area contributed by atoms with Gasteiger partial charge in [-0.15, -0.1) is 11.3 Å². The third kappa shape index (κ3) is 2.04. The number of amides is 1. The normalized spacial score (nSPS) is 32.5. The molecule has 0 radical (unpaired) electrons. The van der Waals surface area contributed by atoms with Crippen LogP contribution in [0.25, 0.3) is 0 Å². The number of carbonyl (C=O) groups is 2. The first-order valence-electron chi connectivity index (χ1n) is 6.51. The topological polar surface area (TPSA) is 79.3 Å². The molecule has 1 aromatic rings. The second kappa shape index (κ2) is 4.59. The third-order valence-corrected chi connectivity index (χ3v) is 5.38. The highest BCUT2D eigenvalue weighted by Gasteiger charge is 2.51. The van der Waals surface area contributed by atoms with Crippen molar-refractivity contribution in [3.63, 3.8) is 0 Å². The van der Waals surface area contributed by atoms with Gasteiger partial charge in [0.2, 0.25) is 0 Å². The summed E-state index contributed by atoms with van der Waals surface area (Å²) in [6.45, 7) is 1.79. The number of rotatable bonds is 3. The van der Waals surface area contributed by atoms with Crippen LogP contribution in [-0.2, 0) is 4.79 Å². The maximum Gasteiger partial charge on any atom is 0.308 e. The number of carboxylic acids is 1. The number of aromatic nitrogens is 1. The van der Waals surface area contributed by atoms with Crippen molar-refractivity contribution in [2.24, 2.45) is 17.8 Å². The molecular formula is C13H16N2O3S. The molecule has 0 aliphatic heterocycles. The number of carbonyl (C=O) groups excluding carboxylic acids is 1. The zero-order chi connectivity index (χ0) is 13.6. The first kappa shape index (κ1) is 12.6. The average Bonchev–Trinajstić information content (AvgIpc) is 3.03. The largest absolute Gasteiger partial charge is 0.481 e. The fourth-order valence-electron chi connectivity index (χ4n) is 3.59. The van der Waals surface area contributed by atoms with E-state index in [0.717, 1.165) is 19.3 Å². The smallest absolute Gasteiger partial charge is 0.308 e. The Balaban J connectivity index is 1.77. The lowest BCUT2D eigenvalue weighted by molar-refractivity contribution is -0.144. The molecule has 2 aliphatic carbocycles. The lowest BCUT2D eigenvalue weighted by Gasteiger charge is -2.28. The van der Waals surface area contributed by atoms with Crippen molar-refractivity contribution in [3.05, 3.63) is 16.1 Å². The summed E-state index contributed by atoms with van der Waals surface area (Å²) in [5, 5.41) is 12.3. The number of aryl methyl sites for hydroxylation is 1. The van der Waals surface area contributed by atoms with E-state index in [2.05, 4.69) is 10.3 Å². The fourth-order valence-corrected chi connectivity index (χ4v) is 4.30. The van der Waals surface area contributed by atoms with Crippen LogP contribution < -0.4 is 5.32 Å². The molecule has 2 N–H and O–H groups in total. The van der Waals surface area contributed by atoms with Crippen LogP contribution in [0, 0.1) is 24.7 Å². The van der Waals surface area contributed by atoms with Gasteiger partial charge in [-0.1, -0.05) is 0 Å². The monoisotopic (exact) mass is 280 g/mol. The SMILES string of the molecule is Cc1ncsc1C(=O)NC1C2CCC(C2)C1C(=O)O. The molecule has 19 heavy (non-hydrogen) atoms. The highest BCUT2D eigenvalue weighted by Crippen LogP contribution is 2.48.